The molecule has 17 heavy (non-hydrogen) atoms. The molecule has 1 aliphatic rings. The van der Waals surface area contributed by atoms with Crippen LogP contribution >= 0.6 is 0 Å². The molecule has 2 N–H and O–H groups in total. The summed E-state index contributed by atoms with van der Waals surface area (Å²) in [4.78, 5) is 22.7. The number of aliphatic carboxylic acids is 1. The Morgan fingerprint density at radius 1 is 1.35 bits per heavy atom. The van der Waals surface area contributed by atoms with Crippen LogP contribution < -0.4 is 5.32 Å². The lowest BCUT2D eigenvalue weighted by Crippen LogP contribution is -2.36. The second-order valence-corrected chi connectivity index (χ2v) is 5.10. The minimum atomic E-state index is -0.765. The van der Waals surface area contributed by atoms with E-state index in [0.717, 1.165) is 19.3 Å². The average Bonchev–Trinajstić information content (AvgIpc) is 2.75. The molecule has 0 saturated heterocycles. The first-order chi connectivity index (χ1) is 8.04. The van der Waals surface area contributed by atoms with Gasteiger partial charge in [0.2, 0.25) is 5.91 Å². The number of hydrogen-bond acceptors (Lipinski definition) is 2. The van der Waals surface area contributed by atoms with Crippen molar-refractivity contribution < 1.29 is 14.7 Å². The van der Waals surface area contributed by atoms with Gasteiger partial charge in [-0.1, -0.05) is 19.8 Å². The van der Waals surface area contributed by atoms with Gasteiger partial charge in [0.1, 0.15) is 0 Å². The van der Waals surface area contributed by atoms with Crippen LogP contribution in [0.5, 0.6) is 0 Å². The highest BCUT2D eigenvalue weighted by Gasteiger charge is 2.33. The molecule has 1 aliphatic carbocycles. The van der Waals surface area contributed by atoms with Gasteiger partial charge in [0.25, 0.3) is 0 Å². The number of rotatable bonds is 6. The summed E-state index contributed by atoms with van der Waals surface area (Å²) < 4.78 is 0. The number of hydrogen-bond donors (Lipinski definition) is 2. The molecule has 4 heteroatoms. The molecule has 0 aliphatic heterocycles. The Balaban J connectivity index is 2.31. The molecule has 1 amide bonds. The molecule has 1 rings (SSSR count). The fraction of sp³-hybridized carbons (Fsp3) is 0.846. The van der Waals surface area contributed by atoms with Crippen LogP contribution in [-0.2, 0) is 9.59 Å². The van der Waals surface area contributed by atoms with Gasteiger partial charge in [0.15, 0.2) is 0 Å². The van der Waals surface area contributed by atoms with E-state index in [1.54, 1.807) is 0 Å². The average molecular weight is 241 g/mol. The van der Waals surface area contributed by atoms with E-state index < -0.39 is 5.97 Å². The van der Waals surface area contributed by atoms with Crippen molar-refractivity contribution in [2.45, 2.75) is 58.4 Å². The third-order valence-electron chi connectivity index (χ3n) is 3.53. The second kappa shape index (κ2) is 6.62. The molecule has 0 heterocycles. The number of carbonyl (C=O) groups excluding carboxylic acids is 1. The lowest BCUT2D eigenvalue weighted by atomic mass is 10.0. The van der Waals surface area contributed by atoms with Crippen molar-refractivity contribution >= 4 is 11.9 Å². The van der Waals surface area contributed by atoms with Gasteiger partial charge in [-0.2, -0.15) is 0 Å². The van der Waals surface area contributed by atoms with Gasteiger partial charge in [-0.25, -0.2) is 0 Å². The Labute approximate surface area is 103 Å². The van der Waals surface area contributed by atoms with Gasteiger partial charge in [0, 0.05) is 12.0 Å². The third-order valence-corrected chi connectivity index (χ3v) is 3.53. The van der Waals surface area contributed by atoms with Crippen molar-refractivity contribution in [1.82, 2.24) is 5.32 Å². The fourth-order valence-corrected chi connectivity index (χ4v) is 2.39. The molecule has 0 radical (unpaired) electrons. The van der Waals surface area contributed by atoms with E-state index in [-0.39, 0.29) is 23.8 Å². The SMILES string of the molecule is CCCCC(C)NC(=O)C1CCC(C(=O)O)C1. The Hall–Kier alpha value is -1.06. The first kappa shape index (κ1) is 14.0. The van der Waals surface area contributed by atoms with Crippen LogP contribution in [-0.4, -0.2) is 23.0 Å². The summed E-state index contributed by atoms with van der Waals surface area (Å²) in [6.45, 7) is 4.14. The lowest BCUT2D eigenvalue weighted by molar-refractivity contribution is -0.141. The van der Waals surface area contributed by atoms with Crippen LogP contribution in [0.2, 0.25) is 0 Å². The van der Waals surface area contributed by atoms with Crippen LogP contribution in [0.3, 0.4) is 0 Å². The van der Waals surface area contributed by atoms with Gasteiger partial charge in [0.05, 0.1) is 5.92 Å². The highest BCUT2D eigenvalue weighted by Crippen LogP contribution is 2.31. The zero-order valence-electron chi connectivity index (χ0n) is 10.7. The molecule has 3 unspecified atom stereocenters. The zero-order chi connectivity index (χ0) is 12.8. The molecular weight excluding hydrogens is 218 g/mol. The molecule has 1 saturated carbocycles. The van der Waals surface area contributed by atoms with Gasteiger partial charge in [-0.15, -0.1) is 0 Å². The molecule has 0 aromatic rings. The van der Waals surface area contributed by atoms with Crippen LogP contribution in [0.1, 0.15) is 52.4 Å². The number of carboxylic acid groups (broad SMARTS) is 1. The van der Waals surface area contributed by atoms with Gasteiger partial charge in [-0.3, -0.25) is 9.59 Å². The Bertz CT molecular complexity index is 278. The first-order valence-corrected chi connectivity index (χ1v) is 6.57. The normalized spacial score (nSPS) is 25.5. The number of amides is 1. The number of carboxylic acids is 1. The van der Waals surface area contributed by atoms with Crippen LogP contribution in [0.25, 0.3) is 0 Å². The van der Waals surface area contributed by atoms with Gasteiger partial charge >= 0.3 is 5.97 Å². The topological polar surface area (TPSA) is 66.4 Å². The van der Waals surface area contributed by atoms with E-state index >= 15 is 0 Å². The molecule has 0 aromatic heterocycles. The maximum Gasteiger partial charge on any atom is 0.306 e. The summed E-state index contributed by atoms with van der Waals surface area (Å²) in [7, 11) is 0. The first-order valence-electron chi connectivity index (χ1n) is 6.57. The molecule has 4 nitrogen and oxygen atoms in total. The third kappa shape index (κ3) is 4.36. The predicted octanol–water partition coefficient (Wildman–Crippen LogP) is 2.18. The number of unbranched alkanes of at least 4 members (excludes halogenated alkanes) is 1. The Kier molecular flexibility index (Phi) is 5.45. The van der Waals surface area contributed by atoms with Crippen LogP contribution in [0.15, 0.2) is 0 Å². The summed E-state index contributed by atoms with van der Waals surface area (Å²) in [5.74, 6) is -1.14. The summed E-state index contributed by atoms with van der Waals surface area (Å²) in [5, 5.41) is 11.9. The van der Waals surface area contributed by atoms with Crippen molar-refractivity contribution in [3.63, 3.8) is 0 Å². The Morgan fingerprint density at radius 3 is 2.53 bits per heavy atom. The maximum absolute atomic E-state index is 11.9. The molecule has 0 bridgehead atoms. The van der Waals surface area contributed by atoms with Crippen molar-refractivity contribution in [3.8, 4) is 0 Å². The van der Waals surface area contributed by atoms with Gasteiger partial charge < -0.3 is 10.4 Å². The minimum Gasteiger partial charge on any atom is -0.481 e. The molecule has 1 fully saturated rings. The highest BCUT2D eigenvalue weighted by molar-refractivity contribution is 5.81. The highest BCUT2D eigenvalue weighted by atomic mass is 16.4. The largest absolute Gasteiger partial charge is 0.481 e. The molecule has 98 valence electrons. The van der Waals surface area contributed by atoms with E-state index in [0.29, 0.717) is 19.3 Å². The fourth-order valence-electron chi connectivity index (χ4n) is 2.39. The van der Waals surface area contributed by atoms with Crippen molar-refractivity contribution in [2.75, 3.05) is 0 Å². The van der Waals surface area contributed by atoms with Crippen LogP contribution in [0, 0.1) is 11.8 Å². The lowest BCUT2D eigenvalue weighted by Gasteiger charge is -2.16. The zero-order valence-corrected chi connectivity index (χ0v) is 10.7. The van der Waals surface area contributed by atoms with E-state index in [4.69, 9.17) is 5.11 Å². The molecule has 0 aromatic carbocycles. The standard InChI is InChI=1S/C13H23NO3/c1-3-4-5-9(2)14-12(15)10-6-7-11(8-10)13(16)17/h9-11H,3-8H2,1-2H3,(H,14,15)(H,16,17). The van der Waals surface area contributed by atoms with E-state index in [1.807, 2.05) is 6.92 Å². The van der Waals surface area contributed by atoms with Crippen molar-refractivity contribution in [2.24, 2.45) is 11.8 Å². The molecule has 3 atom stereocenters. The molecule has 0 spiro atoms. The van der Waals surface area contributed by atoms with Crippen molar-refractivity contribution in [1.29, 1.82) is 0 Å². The van der Waals surface area contributed by atoms with E-state index in [9.17, 15) is 9.59 Å². The van der Waals surface area contributed by atoms with Crippen molar-refractivity contribution in [3.05, 3.63) is 0 Å². The monoisotopic (exact) mass is 241 g/mol. The second-order valence-electron chi connectivity index (χ2n) is 5.10. The summed E-state index contributed by atoms with van der Waals surface area (Å²) in [5.41, 5.74) is 0. The van der Waals surface area contributed by atoms with Crippen LogP contribution in [0.4, 0.5) is 0 Å². The number of nitrogens with one attached hydrogen (secondary N) is 1. The van der Waals surface area contributed by atoms with Gasteiger partial charge in [-0.05, 0) is 32.6 Å². The van der Waals surface area contributed by atoms with E-state index in [2.05, 4.69) is 12.2 Å². The minimum absolute atomic E-state index is 0.0392. The smallest absolute Gasteiger partial charge is 0.306 e. The quantitative estimate of drug-likeness (QED) is 0.749. The summed E-state index contributed by atoms with van der Waals surface area (Å²) in [6.07, 6.45) is 5.09. The Morgan fingerprint density at radius 2 is 2.00 bits per heavy atom. The van der Waals surface area contributed by atoms with E-state index in [1.165, 1.54) is 0 Å². The predicted molar refractivity (Wildman–Crippen MR) is 65.6 cm³/mol. The maximum atomic E-state index is 11.9. The number of carbonyl (C=O) groups is 2. The summed E-state index contributed by atoms with van der Waals surface area (Å²) in [6, 6.07) is 0.200. The summed E-state index contributed by atoms with van der Waals surface area (Å²) >= 11 is 0. The molecular formula is C13H23NO3.